The van der Waals surface area contributed by atoms with Crippen molar-refractivity contribution in [3.05, 3.63) is 75.0 Å². The number of hydrogen-bond acceptors (Lipinski definition) is 3. The van der Waals surface area contributed by atoms with Crippen molar-refractivity contribution in [1.29, 1.82) is 0 Å². The largest absolute Gasteiger partial charge is 0.352 e. The summed E-state index contributed by atoms with van der Waals surface area (Å²) in [6.07, 6.45) is 0.713. The molecular formula is C19H16BrFN2OS. The Hall–Kier alpha value is -2.05. The van der Waals surface area contributed by atoms with Crippen LogP contribution in [0.4, 0.5) is 4.39 Å². The van der Waals surface area contributed by atoms with E-state index < -0.39 is 0 Å². The van der Waals surface area contributed by atoms with Gasteiger partial charge in [0.05, 0.1) is 5.69 Å². The molecule has 0 unspecified atom stereocenters. The minimum absolute atomic E-state index is 0.0952. The van der Waals surface area contributed by atoms with Crippen LogP contribution in [0.5, 0.6) is 0 Å². The van der Waals surface area contributed by atoms with E-state index in [2.05, 4.69) is 26.2 Å². The molecule has 1 N–H and O–H groups in total. The van der Waals surface area contributed by atoms with Gasteiger partial charge in [-0.3, -0.25) is 4.79 Å². The maximum atomic E-state index is 13.0. The van der Waals surface area contributed by atoms with Gasteiger partial charge in [0.1, 0.15) is 10.8 Å². The summed E-state index contributed by atoms with van der Waals surface area (Å²) in [5, 5.41) is 3.79. The Balaban J connectivity index is 1.62. The monoisotopic (exact) mass is 418 g/mol. The first kappa shape index (κ1) is 17.8. The lowest BCUT2D eigenvalue weighted by atomic mass is 10.2. The zero-order valence-electron chi connectivity index (χ0n) is 13.6. The van der Waals surface area contributed by atoms with Gasteiger partial charge >= 0.3 is 0 Å². The minimum atomic E-state index is -0.257. The zero-order chi connectivity index (χ0) is 17.8. The molecule has 0 aliphatic carbocycles. The van der Waals surface area contributed by atoms with E-state index in [9.17, 15) is 9.18 Å². The molecule has 1 amide bonds. The number of halogens is 2. The number of nitrogens with one attached hydrogen (secondary N) is 1. The molecule has 2 aromatic carbocycles. The molecule has 0 spiro atoms. The third-order valence-corrected chi connectivity index (χ3v) is 5.47. The molecule has 1 aromatic heterocycles. The van der Waals surface area contributed by atoms with Crippen LogP contribution in [0.15, 0.2) is 53.0 Å². The van der Waals surface area contributed by atoms with Crippen LogP contribution >= 0.6 is 27.3 Å². The van der Waals surface area contributed by atoms with E-state index >= 15 is 0 Å². The lowest BCUT2D eigenvalue weighted by Crippen LogP contribution is -2.25. The van der Waals surface area contributed by atoms with E-state index in [4.69, 9.17) is 0 Å². The quantitative estimate of drug-likeness (QED) is 0.633. The Kier molecular flexibility index (Phi) is 5.60. The first-order chi connectivity index (χ1) is 12.0. The van der Waals surface area contributed by atoms with Gasteiger partial charge in [-0.2, -0.15) is 0 Å². The standard InChI is InChI=1S/C19H16BrFN2OS/c1-12-17(25-19(23-12)13-5-7-16(21)8-6-13)9-10-22-18(24)14-3-2-4-15(20)11-14/h2-8,11H,9-10H2,1H3,(H,22,24). The number of aromatic nitrogens is 1. The lowest BCUT2D eigenvalue weighted by Gasteiger charge is -2.05. The molecule has 0 radical (unpaired) electrons. The maximum absolute atomic E-state index is 13.0. The van der Waals surface area contributed by atoms with Crippen molar-refractivity contribution in [2.75, 3.05) is 6.54 Å². The molecule has 0 saturated carbocycles. The molecule has 0 saturated heterocycles. The van der Waals surface area contributed by atoms with Gasteiger partial charge in [-0.25, -0.2) is 9.37 Å². The van der Waals surface area contributed by atoms with Gasteiger partial charge in [0, 0.05) is 33.4 Å². The van der Waals surface area contributed by atoms with Crippen LogP contribution in [0.2, 0.25) is 0 Å². The third kappa shape index (κ3) is 4.52. The summed E-state index contributed by atoms with van der Waals surface area (Å²) in [6, 6.07) is 13.6. The van der Waals surface area contributed by atoms with Crippen molar-refractivity contribution in [2.45, 2.75) is 13.3 Å². The summed E-state index contributed by atoms with van der Waals surface area (Å²) in [5.41, 5.74) is 2.47. The number of nitrogens with zero attached hydrogens (tertiary/aromatic N) is 1. The molecule has 0 atom stereocenters. The van der Waals surface area contributed by atoms with Gasteiger partial charge in [-0.15, -0.1) is 11.3 Å². The van der Waals surface area contributed by atoms with E-state index in [0.717, 1.165) is 25.6 Å². The van der Waals surface area contributed by atoms with E-state index in [1.54, 1.807) is 35.6 Å². The molecule has 0 fully saturated rings. The zero-order valence-corrected chi connectivity index (χ0v) is 16.0. The topological polar surface area (TPSA) is 42.0 Å². The van der Waals surface area contributed by atoms with Gasteiger partial charge in [0.25, 0.3) is 5.91 Å². The number of benzene rings is 2. The molecule has 128 valence electrons. The summed E-state index contributed by atoms with van der Waals surface area (Å²) in [5.74, 6) is -0.352. The highest BCUT2D eigenvalue weighted by Crippen LogP contribution is 2.28. The molecule has 0 aliphatic rings. The Morgan fingerprint density at radius 2 is 2.00 bits per heavy atom. The van der Waals surface area contributed by atoms with Crippen molar-refractivity contribution in [3.8, 4) is 10.6 Å². The van der Waals surface area contributed by atoms with Crippen molar-refractivity contribution < 1.29 is 9.18 Å². The number of hydrogen-bond donors (Lipinski definition) is 1. The average molecular weight is 419 g/mol. The fourth-order valence-electron chi connectivity index (χ4n) is 2.40. The van der Waals surface area contributed by atoms with Crippen molar-refractivity contribution in [3.63, 3.8) is 0 Å². The van der Waals surface area contributed by atoms with E-state index in [1.807, 2.05) is 19.1 Å². The summed E-state index contributed by atoms with van der Waals surface area (Å²) in [6.45, 7) is 2.49. The number of carbonyl (C=O) groups excluding carboxylic acids is 1. The van der Waals surface area contributed by atoms with Crippen molar-refractivity contribution >= 4 is 33.2 Å². The van der Waals surface area contributed by atoms with Crippen LogP contribution in [0.1, 0.15) is 20.9 Å². The minimum Gasteiger partial charge on any atom is -0.352 e. The number of carbonyl (C=O) groups is 1. The van der Waals surface area contributed by atoms with Crippen molar-refractivity contribution in [2.24, 2.45) is 0 Å². The van der Waals surface area contributed by atoms with Crippen LogP contribution in [0.3, 0.4) is 0 Å². The van der Waals surface area contributed by atoms with E-state index in [-0.39, 0.29) is 11.7 Å². The highest BCUT2D eigenvalue weighted by molar-refractivity contribution is 9.10. The second-order valence-electron chi connectivity index (χ2n) is 5.55. The van der Waals surface area contributed by atoms with Crippen LogP contribution in [0, 0.1) is 12.7 Å². The van der Waals surface area contributed by atoms with Gasteiger partial charge in [0.2, 0.25) is 0 Å². The van der Waals surface area contributed by atoms with Crippen LogP contribution in [0.25, 0.3) is 10.6 Å². The second kappa shape index (κ2) is 7.89. The summed E-state index contributed by atoms with van der Waals surface area (Å²) in [7, 11) is 0. The van der Waals surface area contributed by atoms with Crippen LogP contribution in [-0.2, 0) is 6.42 Å². The smallest absolute Gasteiger partial charge is 0.251 e. The summed E-state index contributed by atoms with van der Waals surface area (Å²) in [4.78, 5) is 17.8. The van der Waals surface area contributed by atoms with Crippen LogP contribution < -0.4 is 5.32 Å². The van der Waals surface area contributed by atoms with Gasteiger partial charge in [-0.1, -0.05) is 22.0 Å². The summed E-state index contributed by atoms with van der Waals surface area (Å²) < 4.78 is 13.9. The first-order valence-corrected chi connectivity index (χ1v) is 9.40. The molecule has 3 aromatic rings. The second-order valence-corrected chi connectivity index (χ2v) is 7.55. The molecule has 0 aliphatic heterocycles. The van der Waals surface area contributed by atoms with Crippen molar-refractivity contribution in [1.82, 2.24) is 10.3 Å². The van der Waals surface area contributed by atoms with Gasteiger partial charge < -0.3 is 5.32 Å². The molecule has 25 heavy (non-hydrogen) atoms. The number of aryl methyl sites for hydroxylation is 1. The first-order valence-electron chi connectivity index (χ1n) is 7.79. The number of amides is 1. The Morgan fingerprint density at radius 3 is 2.72 bits per heavy atom. The maximum Gasteiger partial charge on any atom is 0.251 e. The molecule has 3 nitrogen and oxygen atoms in total. The normalized spacial score (nSPS) is 10.7. The lowest BCUT2D eigenvalue weighted by molar-refractivity contribution is 0.0954. The van der Waals surface area contributed by atoms with E-state index in [0.29, 0.717) is 18.5 Å². The molecule has 3 rings (SSSR count). The summed E-state index contributed by atoms with van der Waals surface area (Å²) >= 11 is 4.94. The predicted molar refractivity (Wildman–Crippen MR) is 102 cm³/mol. The Bertz CT molecular complexity index is 893. The Labute approximate surface area is 158 Å². The molecule has 1 heterocycles. The van der Waals surface area contributed by atoms with E-state index in [1.165, 1.54) is 12.1 Å². The Morgan fingerprint density at radius 1 is 1.24 bits per heavy atom. The van der Waals surface area contributed by atoms with Gasteiger partial charge in [0.15, 0.2) is 0 Å². The fraction of sp³-hybridized carbons (Fsp3) is 0.158. The number of rotatable bonds is 5. The number of thiazole rings is 1. The highest BCUT2D eigenvalue weighted by atomic mass is 79.9. The fourth-order valence-corrected chi connectivity index (χ4v) is 3.86. The SMILES string of the molecule is Cc1nc(-c2ccc(F)cc2)sc1CCNC(=O)c1cccc(Br)c1. The molecular weight excluding hydrogens is 403 g/mol. The van der Waals surface area contributed by atoms with Gasteiger partial charge in [-0.05, 0) is 49.4 Å². The average Bonchev–Trinajstić information content (AvgIpc) is 2.96. The predicted octanol–water partition coefficient (Wildman–Crippen LogP) is 4.99. The third-order valence-electron chi connectivity index (χ3n) is 3.71. The molecule has 6 heteroatoms. The highest BCUT2D eigenvalue weighted by Gasteiger charge is 2.11. The molecule has 0 bridgehead atoms. The van der Waals surface area contributed by atoms with Crippen LogP contribution in [-0.4, -0.2) is 17.4 Å².